The van der Waals surface area contributed by atoms with E-state index in [9.17, 15) is 9.59 Å². The molecule has 0 fully saturated rings. The fraction of sp³-hybridized carbons (Fsp3) is 0.273. The molecule has 0 saturated heterocycles. The number of nitrogens with two attached hydrogens (primary N) is 1. The number of carbonyl (C=O) groups is 1. The fourth-order valence-corrected chi connectivity index (χ4v) is 1.55. The molecule has 0 bridgehead atoms. The molecule has 0 saturated carbocycles. The van der Waals surface area contributed by atoms with Gasteiger partial charge in [0.2, 0.25) is 0 Å². The van der Waals surface area contributed by atoms with Gasteiger partial charge in [-0.3, -0.25) is 9.36 Å². The summed E-state index contributed by atoms with van der Waals surface area (Å²) in [7, 11) is 1.60. The van der Waals surface area contributed by atoms with Crippen LogP contribution in [0.15, 0.2) is 27.4 Å². The van der Waals surface area contributed by atoms with Crippen LogP contribution in [0.3, 0.4) is 0 Å². The first kappa shape index (κ1) is 12.2. The number of oxazole rings is 1. The summed E-state index contributed by atoms with van der Waals surface area (Å²) in [5, 5.41) is 11.5. The number of aliphatic carboxylic acids is 1. The molecule has 7 heteroatoms. The van der Waals surface area contributed by atoms with E-state index in [4.69, 9.17) is 15.3 Å². The third-order valence-electron chi connectivity index (χ3n) is 2.63. The van der Waals surface area contributed by atoms with Gasteiger partial charge in [0.1, 0.15) is 6.04 Å². The highest BCUT2D eigenvalue weighted by molar-refractivity contribution is 5.78. The average Bonchev–Trinajstić information content (AvgIpc) is 2.62. The van der Waals surface area contributed by atoms with E-state index in [2.05, 4.69) is 5.32 Å². The van der Waals surface area contributed by atoms with E-state index in [-0.39, 0.29) is 6.54 Å². The van der Waals surface area contributed by atoms with Crippen molar-refractivity contribution in [2.24, 2.45) is 12.8 Å². The van der Waals surface area contributed by atoms with E-state index in [1.807, 2.05) is 0 Å². The van der Waals surface area contributed by atoms with Crippen LogP contribution in [0.1, 0.15) is 0 Å². The SMILES string of the molecule is Cn1c(=O)oc2ccc(NCC(N)C(=O)O)cc21. The summed E-state index contributed by atoms with van der Waals surface area (Å²) in [5.41, 5.74) is 7.17. The van der Waals surface area contributed by atoms with Crippen molar-refractivity contribution in [1.82, 2.24) is 4.57 Å². The van der Waals surface area contributed by atoms with Gasteiger partial charge in [-0.25, -0.2) is 4.79 Å². The first-order valence-electron chi connectivity index (χ1n) is 5.31. The molecule has 2 aromatic rings. The number of hydrogen-bond donors (Lipinski definition) is 3. The van der Waals surface area contributed by atoms with Crippen LogP contribution in [0, 0.1) is 0 Å². The molecule has 0 amide bonds. The quantitative estimate of drug-likeness (QED) is 0.703. The van der Waals surface area contributed by atoms with Gasteiger partial charge < -0.3 is 20.6 Å². The molecule has 1 unspecified atom stereocenters. The highest BCUT2D eigenvalue weighted by Crippen LogP contribution is 2.17. The number of fused-ring (bicyclic) bond motifs is 1. The Balaban J connectivity index is 2.22. The molecule has 0 aliphatic heterocycles. The van der Waals surface area contributed by atoms with Gasteiger partial charge in [-0.15, -0.1) is 0 Å². The lowest BCUT2D eigenvalue weighted by molar-refractivity contribution is -0.138. The number of nitrogens with one attached hydrogen (secondary N) is 1. The van der Waals surface area contributed by atoms with Crippen LogP contribution in [-0.2, 0) is 11.8 Å². The molecular weight excluding hydrogens is 238 g/mol. The second-order valence-electron chi connectivity index (χ2n) is 3.94. The van der Waals surface area contributed by atoms with Gasteiger partial charge in [-0.2, -0.15) is 0 Å². The average molecular weight is 251 g/mol. The minimum Gasteiger partial charge on any atom is -0.480 e. The molecule has 0 aliphatic rings. The monoisotopic (exact) mass is 251 g/mol. The van der Waals surface area contributed by atoms with Gasteiger partial charge in [0, 0.05) is 19.3 Å². The maximum absolute atomic E-state index is 11.3. The van der Waals surface area contributed by atoms with Crippen LogP contribution >= 0.6 is 0 Å². The van der Waals surface area contributed by atoms with Crippen LogP contribution in [-0.4, -0.2) is 28.2 Å². The number of rotatable bonds is 4. The van der Waals surface area contributed by atoms with Crippen molar-refractivity contribution in [3.05, 3.63) is 28.7 Å². The van der Waals surface area contributed by atoms with Crippen LogP contribution in [0.5, 0.6) is 0 Å². The molecule has 0 spiro atoms. The van der Waals surface area contributed by atoms with Gasteiger partial charge >= 0.3 is 11.7 Å². The van der Waals surface area contributed by atoms with Gasteiger partial charge in [0.15, 0.2) is 5.58 Å². The Bertz CT molecular complexity index is 643. The van der Waals surface area contributed by atoms with Crippen molar-refractivity contribution >= 4 is 22.8 Å². The zero-order valence-corrected chi connectivity index (χ0v) is 9.71. The first-order chi connectivity index (χ1) is 8.49. The lowest BCUT2D eigenvalue weighted by atomic mass is 10.2. The van der Waals surface area contributed by atoms with E-state index < -0.39 is 17.8 Å². The number of hydrogen-bond acceptors (Lipinski definition) is 5. The summed E-state index contributed by atoms with van der Waals surface area (Å²) >= 11 is 0. The van der Waals surface area contributed by atoms with Crippen LogP contribution in [0.4, 0.5) is 5.69 Å². The van der Waals surface area contributed by atoms with E-state index in [1.54, 1.807) is 25.2 Å². The third kappa shape index (κ3) is 2.21. The number of anilines is 1. The van der Waals surface area contributed by atoms with Gasteiger partial charge in [0.05, 0.1) is 5.52 Å². The van der Waals surface area contributed by atoms with Crippen LogP contribution in [0.2, 0.25) is 0 Å². The summed E-state index contributed by atoms with van der Waals surface area (Å²) in [6, 6.07) is 4.06. The Morgan fingerprint density at radius 3 is 3.00 bits per heavy atom. The summed E-state index contributed by atoms with van der Waals surface area (Å²) in [5.74, 6) is -1.51. The van der Waals surface area contributed by atoms with Crippen molar-refractivity contribution in [1.29, 1.82) is 0 Å². The standard InChI is InChI=1S/C11H13N3O4/c1-14-8-4-6(13-5-7(12)10(15)16)2-3-9(8)18-11(14)17/h2-4,7,13H,5,12H2,1H3,(H,15,16). The Labute approximate surface area is 102 Å². The maximum atomic E-state index is 11.3. The first-order valence-corrected chi connectivity index (χ1v) is 5.31. The smallest absolute Gasteiger partial charge is 0.419 e. The Hall–Kier alpha value is -2.28. The fourth-order valence-electron chi connectivity index (χ4n) is 1.55. The topological polar surface area (TPSA) is 110 Å². The van der Waals surface area contributed by atoms with Crippen LogP contribution < -0.4 is 16.8 Å². The minimum atomic E-state index is -1.07. The highest BCUT2D eigenvalue weighted by Gasteiger charge is 2.11. The lowest BCUT2D eigenvalue weighted by Crippen LogP contribution is -2.36. The zero-order valence-electron chi connectivity index (χ0n) is 9.71. The molecule has 1 aromatic carbocycles. The van der Waals surface area contributed by atoms with Crippen molar-refractivity contribution in [2.45, 2.75) is 6.04 Å². The Kier molecular flexibility index (Phi) is 3.07. The van der Waals surface area contributed by atoms with Crippen molar-refractivity contribution in [2.75, 3.05) is 11.9 Å². The number of aryl methyl sites for hydroxylation is 1. The zero-order chi connectivity index (χ0) is 13.3. The van der Waals surface area contributed by atoms with E-state index >= 15 is 0 Å². The molecule has 1 atom stereocenters. The molecule has 1 aromatic heterocycles. The lowest BCUT2D eigenvalue weighted by Gasteiger charge is -2.09. The van der Waals surface area contributed by atoms with E-state index in [0.29, 0.717) is 16.8 Å². The number of nitrogens with zero attached hydrogens (tertiary/aromatic N) is 1. The molecule has 96 valence electrons. The second kappa shape index (κ2) is 4.53. The minimum absolute atomic E-state index is 0.104. The van der Waals surface area contributed by atoms with Gasteiger partial charge in [-0.1, -0.05) is 0 Å². The predicted octanol–water partition coefficient (Wildman–Crippen LogP) is -0.0447. The number of carboxylic acid groups (broad SMARTS) is 1. The molecule has 4 N–H and O–H groups in total. The summed E-state index contributed by atoms with van der Waals surface area (Å²) < 4.78 is 6.35. The normalized spacial score (nSPS) is 12.6. The molecular formula is C11H13N3O4. The highest BCUT2D eigenvalue weighted by atomic mass is 16.4. The number of carboxylic acids is 1. The summed E-state index contributed by atoms with van der Waals surface area (Å²) in [6.07, 6.45) is 0. The summed E-state index contributed by atoms with van der Waals surface area (Å²) in [6.45, 7) is 0.104. The predicted molar refractivity (Wildman–Crippen MR) is 65.6 cm³/mol. The maximum Gasteiger partial charge on any atom is 0.419 e. The van der Waals surface area contributed by atoms with Gasteiger partial charge in [0.25, 0.3) is 0 Å². The Morgan fingerprint density at radius 2 is 2.33 bits per heavy atom. The van der Waals surface area contributed by atoms with Crippen LogP contribution in [0.25, 0.3) is 11.1 Å². The van der Waals surface area contributed by atoms with Gasteiger partial charge in [-0.05, 0) is 18.2 Å². The van der Waals surface area contributed by atoms with Crippen molar-refractivity contribution in [3.63, 3.8) is 0 Å². The number of aromatic nitrogens is 1. The molecule has 0 radical (unpaired) electrons. The molecule has 18 heavy (non-hydrogen) atoms. The largest absolute Gasteiger partial charge is 0.480 e. The van der Waals surface area contributed by atoms with E-state index in [1.165, 1.54) is 4.57 Å². The van der Waals surface area contributed by atoms with E-state index in [0.717, 1.165) is 0 Å². The summed E-state index contributed by atoms with van der Waals surface area (Å²) in [4.78, 5) is 21.8. The molecule has 1 heterocycles. The molecule has 7 nitrogen and oxygen atoms in total. The molecule has 2 rings (SSSR count). The number of benzene rings is 1. The third-order valence-corrected chi connectivity index (χ3v) is 2.63. The second-order valence-corrected chi connectivity index (χ2v) is 3.94. The van der Waals surface area contributed by atoms with Crippen molar-refractivity contribution < 1.29 is 14.3 Å². The Morgan fingerprint density at radius 1 is 1.61 bits per heavy atom. The molecule has 0 aliphatic carbocycles. The van der Waals surface area contributed by atoms with Crippen molar-refractivity contribution in [3.8, 4) is 0 Å².